The van der Waals surface area contributed by atoms with Crippen LogP contribution in [0.2, 0.25) is 11.1 Å². The number of para-hydroxylation sites is 1. The van der Waals surface area contributed by atoms with Crippen LogP contribution < -0.4 is 4.74 Å². The summed E-state index contributed by atoms with van der Waals surface area (Å²) < 4.78 is 12.6. The van der Waals surface area contributed by atoms with Crippen molar-refractivity contribution in [3.63, 3.8) is 0 Å². The molecular formula is C29H30O2Si. The lowest BCUT2D eigenvalue weighted by atomic mass is 10.1. The van der Waals surface area contributed by atoms with E-state index in [1.165, 1.54) is 0 Å². The number of ether oxygens (including phenoxy) is 1. The summed E-state index contributed by atoms with van der Waals surface area (Å²) >= 11 is 0. The normalized spacial score (nSPS) is 12.0. The van der Waals surface area contributed by atoms with Gasteiger partial charge in [-0.05, 0) is 53.0 Å². The van der Waals surface area contributed by atoms with Crippen molar-refractivity contribution in [3.05, 3.63) is 96.1 Å². The van der Waals surface area contributed by atoms with Gasteiger partial charge in [0.05, 0.1) is 0 Å². The molecule has 0 heterocycles. The zero-order valence-corrected chi connectivity index (χ0v) is 20.2. The molecule has 0 bridgehead atoms. The highest BCUT2D eigenvalue weighted by Gasteiger charge is 2.43. The van der Waals surface area contributed by atoms with Crippen molar-refractivity contribution in [2.24, 2.45) is 0 Å². The highest BCUT2D eigenvalue weighted by atomic mass is 28.4. The molecule has 0 N–H and O–H groups in total. The number of rotatable bonds is 7. The molecule has 3 aromatic carbocycles. The Balaban J connectivity index is 1.86. The van der Waals surface area contributed by atoms with Crippen LogP contribution in [0, 0.1) is 23.8 Å². The van der Waals surface area contributed by atoms with E-state index in [0.29, 0.717) is 0 Å². The quantitative estimate of drug-likeness (QED) is 0.280. The van der Waals surface area contributed by atoms with E-state index in [1.807, 2.05) is 84.9 Å². The molecular weight excluding hydrogens is 408 g/mol. The Bertz CT molecular complexity index is 1080. The number of benzene rings is 3. The van der Waals surface area contributed by atoms with E-state index in [-0.39, 0.29) is 11.1 Å². The van der Waals surface area contributed by atoms with Crippen LogP contribution >= 0.6 is 0 Å². The Morgan fingerprint density at radius 1 is 0.719 bits per heavy atom. The average molecular weight is 439 g/mol. The summed E-state index contributed by atoms with van der Waals surface area (Å²) in [7, 11) is -2.51. The zero-order chi connectivity index (χ0) is 23.0. The van der Waals surface area contributed by atoms with Crippen molar-refractivity contribution in [2.45, 2.75) is 44.9 Å². The molecule has 0 saturated heterocycles. The monoisotopic (exact) mass is 438 g/mol. The Kier molecular flexibility index (Phi) is 7.96. The molecule has 0 fully saturated rings. The van der Waals surface area contributed by atoms with Crippen LogP contribution in [0.15, 0.2) is 84.9 Å². The van der Waals surface area contributed by atoms with E-state index in [2.05, 4.69) is 45.1 Å². The van der Waals surface area contributed by atoms with Gasteiger partial charge < -0.3 is 9.16 Å². The molecule has 3 aromatic rings. The molecule has 32 heavy (non-hydrogen) atoms. The summed E-state index contributed by atoms with van der Waals surface area (Å²) in [5, 5.41) is 0. The Morgan fingerprint density at radius 2 is 1.25 bits per heavy atom. The van der Waals surface area contributed by atoms with Crippen LogP contribution in [0.4, 0.5) is 0 Å². The second kappa shape index (κ2) is 10.9. The van der Waals surface area contributed by atoms with Gasteiger partial charge >= 0.3 is 0 Å². The van der Waals surface area contributed by atoms with E-state index in [4.69, 9.17) is 15.6 Å². The fourth-order valence-corrected chi connectivity index (χ4v) is 7.13. The maximum Gasteiger partial charge on any atom is 0.279 e. The summed E-state index contributed by atoms with van der Waals surface area (Å²) in [6.07, 6.45) is 5.49. The predicted molar refractivity (Wildman–Crippen MR) is 135 cm³/mol. The van der Waals surface area contributed by atoms with Gasteiger partial charge in [0, 0.05) is 5.56 Å². The average Bonchev–Trinajstić information content (AvgIpc) is 2.81. The van der Waals surface area contributed by atoms with Gasteiger partial charge in [-0.1, -0.05) is 93.6 Å². The second-order valence-electron chi connectivity index (χ2n) is 8.37. The smallest absolute Gasteiger partial charge is 0.279 e. The van der Waals surface area contributed by atoms with Crippen molar-refractivity contribution in [2.75, 3.05) is 0 Å². The molecule has 0 unspecified atom stereocenters. The first kappa shape index (κ1) is 23.4. The van der Waals surface area contributed by atoms with E-state index in [1.54, 1.807) is 0 Å². The summed E-state index contributed by atoms with van der Waals surface area (Å²) in [5.41, 5.74) is 6.09. The number of hydrogen-bond donors (Lipinski definition) is 0. The van der Waals surface area contributed by atoms with E-state index >= 15 is 0 Å². The van der Waals surface area contributed by atoms with E-state index in [9.17, 15) is 0 Å². The largest absolute Gasteiger partial charge is 0.457 e. The number of hydrogen-bond acceptors (Lipinski definition) is 2. The highest BCUT2D eigenvalue weighted by Crippen LogP contribution is 2.37. The molecule has 162 valence electrons. The molecule has 0 aliphatic heterocycles. The van der Waals surface area contributed by atoms with Crippen molar-refractivity contribution in [3.8, 4) is 35.3 Å². The van der Waals surface area contributed by atoms with Crippen molar-refractivity contribution < 1.29 is 9.16 Å². The lowest BCUT2D eigenvalue weighted by Crippen LogP contribution is -2.44. The van der Waals surface area contributed by atoms with Gasteiger partial charge in [-0.3, -0.25) is 0 Å². The lowest BCUT2D eigenvalue weighted by molar-refractivity contribution is 0.244. The Hall–Kier alpha value is -3.24. The summed E-state index contributed by atoms with van der Waals surface area (Å²) in [6, 6.07) is 27.6. The third kappa shape index (κ3) is 5.71. The second-order valence-corrected chi connectivity index (χ2v) is 12.7. The first-order chi connectivity index (χ1) is 15.4. The molecule has 0 amide bonds. The molecule has 0 aromatic heterocycles. The third-order valence-corrected chi connectivity index (χ3v) is 10.1. The van der Waals surface area contributed by atoms with Gasteiger partial charge in [0.25, 0.3) is 8.32 Å². The standard InChI is InChI=1S/C29H30O2Si/c1-6-29(26-13-9-7-10-14-26)31-32(23(2)3,24(4)5)22-21-25-17-19-28(20-18-25)30-27-15-11-8-12-16-27/h1,7-20,23-24,29H,2-5H3/t29-/m0/s1. The molecule has 0 aliphatic rings. The molecule has 0 saturated carbocycles. The summed E-state index contributed by atoms with van der Waals surface area (Å²) in [6.45, 7) is 8.76. The molecule has 3 heteroatoms. The minimum Gasteiger partial charge on any atom is -0.457 e. The van der Waals surface area contributed by atoms with Crippen molar-refractivity contribution >= 4 is 8.32 Å². The van der Waals surface area contributed by atoms with Crippen LogP contribution in [0.25, 0.3) is 0 Å². The van der Waals surface area contributed by atoms with Crippen LogP contribution in [0.1, 0.15) is 44.9 Å². The predicted octanol–water partition coefficient (Wildman–Crippen LogP) is 7.53. The van der Waals surface area contributed by atoms with Crippen LogP contribution in [0.5, 0.6) is 11.5 Å². The van der Waals surface area contributed by atoms with E-state index in [0.717, 1.165) is 22.6 Å². The fraction of sp³-hybridized carbons (Fsp3) is 0.241. The maximum absolute atomic E-state index is 6.73. The maximum atomic E-state index is 6.73. The van der Waals surface area contributed by atoms with Crippen molar-refractivity contribution in [1.29, 1.82) is 0 Å². The number of terminal acetylenes is 1. The molecule has 2 nitrogen and oxygen atoms in total. The summed E-state index contributed by atoms with van der Waals surface area (Å²) in [4.78, 5) is 0. The zero-order valence-electron chi connectivity index (χ0n) is 19.2. The van der Waals surface area contributed by atoms with Crippen LogP contribution in [-0.4, -0.2) is 8.32 Å². The van der Waals surface area contributed by atoms with Gasteiger partial charge in [-0.15, -0.1) is 6.42 Å². The lowest BCUT2D eigenvalue weighted by Gasteiger charge is -2.36. The Morgan fingerprint density at radius 3 is 1.78 bits per heavy atom. The van der Waals surface area contributed by atoms with Crippen molar-refractivity contribution in [1.82, 2.24) is 0 Å². The molecule has 0 radical (unpaired) electrons. The van der Waals surface area contributed by atoms with Gasteiger partial charge in [-0.2, -0.15) is 0 Å². The first-order valence-corrected chi connectivity index (χ1v) is 13.1. The van der Waals surface area contributed by atoms with Crippen LogP contribution in [-0.2, 0) is 4.43 Å². The fourth-order valence-electron chi connectivity index (χ4n) is 3.68. The molecule has 0 aliphatic carbocycles. The molecule has 3 rings (SSSR count). The molecule has 1 atom stereocenters. The van der Waals surface area contributed by atoms with E-state index < -0.39 is 14.4 Å². The highest BCUT2D eigenvalue weighted by molar-refractivity contribution is 6.84. The minimum absolute atomic E-state index is 0.287. The minimum atomic E-state index is -2.51. The SMILES string of the molecule is C#C[C@H](O[Si](C#Cc1ccc(Oc2ccccc2)cc1)(C(C)C)C(C)C)c1ccccc1. The van der Waals surface area contributed by atoms with Gasteiger partial charge in [0.2, 0.25) is 0 Å². The Labute approximate surface area is 193 Å². The van der Waals surface area contributed by atoms with Gasteiger partial charge in [-0.25, -0.2) is 0 Å². The topological polar surface area (TPSA) is 18.5 Å². The molecule has 0 spiro atoms. The van der Waals surface area contributed by atoms with Gasteiger partial charge in [0.15, 0.2) is 0 Å². The summed E-state index contributed by atoms with van der Waals surface area (Å²) in [5.74, 6) is 7.82. The van der Waals surface area contributed by atoms with Gasteiger partial charge in [0.1, 0.15) is 17.6 Å². The third-order valence-electron chi connectivity index (χ3n) is 5.52. The first-order valence-electron chi connectivity index (χ1n) is 11.0. The van der Waals surface area contributed by atoms with Crippen LogP contribution in [0.3, 0.4) is 0 Å².